The molecular weight excluding hydrogens is 450 g/mol. The number of hydrogen-bond donors (Lipinski definition) is 1. The number of benzene rings is 3. The van der Waals surface area contributed by atoms with Crippen LogP contribution in [0.15, 0.2) is 78.0 Å². The molecule has 0 aliphatic rings. The molecule has 0 atom stereocenters. The Balaban J connectivity index is 1.50. The van der Waals surface area contributed by atoms with Gasteiger partial charge < -0.3 is 14.8 Å². The average Bonchev–Trinajstić information content (AvgIpc) is 3.32. The Bertz CT molecular complexity index is 1480. The summed E-state index contributed by atoms with van der Waals surface area (Å²) in [6.07, 6.45) is 0. The van der Waals surface area contributed by atoms with Gasteiger partial charge in [-0.25, -0.2) is 4.98 Å². The standard InChI is InChI=1S/C25H21N5O3S/c1-32-17-13-11-16(12-14-17)23-27-19-8-4-3-7-18(19)24-28-29-25(30(23)24)34-15-22(31)26-20-9-5-6-10-21(20)33-2/h3-14H,15H2,1-2H3,(H,26,31). The predicted octanol–water partition coefficient (Wildman–Crippen LogP) is 4.69. The molecule has 170 valence electrons. The molecule has 0 radical (unpaired) electrons. The highest BCUT2D eigenvalue weighted by Gasteiger charge is 2.18. The maximum Gasteiger partial charge on any atom is 0.234 e. The molecule has 0 saturated heterocycles. The highest BCUT2D eigenvalue weighted by Crippen LogP contribution is 2.30. The van der Waals surface area contributed by atoms with E-state index in [2.05, 4.69) is 15.5 Å². The molecular formula is C25H21N5O3S. The fourth-order valence-electron chi connectivity index (χ4n) is 3.65. The van der Waals surface area contributed by atoms with Gasteiger partial charge in [0.25, 0.3) is 0 Å². The van der Waals surface area contributed by atoms with Crippen LogP contribution < -0.4 is 14.8 Å². The zero-order valence-corrected chi connectivity index (χ0v) is 19.4. The summed E-state index contributed by atoms with van der Waals surface area (Å²) in [7, 11) is 3.20. The first-order chi connectivity index (χ1) is 16.7. The first-order valence-electron chi connectivity index (χ1n) is 10.5. The molecule has 0 aliphatic carbocycles. The van der Waals surface area contributed by atoms with Crippen LogP contribution in [0.4, 0.5) is 5.69 Å². The topological polar surface area (TPSA) is 90.6 Å². The van der Waals surface area contributed by atoms with Crippen molar-refractivity contribution in [3.05, 3.63) is 72.8 Å². The largest absolute Gasteiger partial charge is 0.497 e. The molecule has 5 rings (SSSR count). The van der Waals surface area contributed by atoms with Crippen LogP contribution in [0.1, 0.15) is 0 Å². The number of para-hydroxylation sites is 3. The number of nitrogens with one attached hydrogen (secondary N) is 1. The van der Waals surface area contributed by atoms with E-state index in [0.29, 0.717) is 28.1 Å². The average molecular weight is 472 g/mol. The second kappa shape index (κ2) is 9.40. The number of ether oxygens (including phenoxy) is 2. The van der Waals surface area contributed by atoms with Crippen molar-refractivity contribution < 1.29 is 14.3 Å². The van der Waals surface area contributed by atoms with E-state index in [1.54, 1.807) is 26.4 Å². The van der Waals surface area contributed by atoms with E-state index in [1.165, 1.54) is 11.8 Å². The van der Waals surface area contributed by atoms with Crippen molar-refractivity contribution in [2.75, 3.05) is 25.3 Å². The van der Waals surface area contributed by atoms with Crippen molar-refractivity contribution >= 4 is 39.9 Å². The molecule has 1 amide bonds. The van der Waals surface area contributed by atoms with Crippen LogP contribution in [0.3, 0.4) is 0 Å². The summed E-state index contributed by atoms with van der Waals surface area (Å²) in [5.41, 5.74) is 3.01. The van der Waals surface area contributed by atoms with Gasteiger partial charge in [0.15, 0.2) is 10.8 Å². The van der Waals surface area contributed by atoms with Crippen LogP contribution in [-0.4, -0.2) is 45.5 Å². The molecule has 2 aromatic heterocycles. The number of nitrogens with zero attached hydrogens (tertiary/aromatic N) is 4. The third-order valence-electron chi connectivity index (χ3n) is 5.28. The second-order valence-electron chi connectivity index (χ2n) is 7.36. The minimum atomic E-state index is -0.175. The van der Waals surface area contributed by atoms with Crippen LogP contribution in [0.5, 0.6) is 11.5 Å². The third-order valence-corrected chi connectivity index (χ3v) is 6.21. The van der Waals surface area contributed by atoms with Crippen molar-refractivity contribution in [1.29, 1.82) is 0 Å². The summed E-state index contributed by atoms with van der Waals surface area (Å²) in [5, 5.41) is 13.2. The van der Waals surface area contributed by atoms with Gasteiger partial charge in [-0.05, 0) is 48.5 Å². The summed E-state index contributed by atoms with van der Waals surface area (Å²) >= 11 is 1.29. The molecule has 1 N–H and O–H groups in total. The minimum Gasteiger partial charge on any atom is -0.497 e. The summed E-state index contributed by atoms with van der Waals surface area (Å²) in [5.74, 6) is 2.02. The highest BCUT2D eigenvalue weighted by atomic mass is 32.2. The molecule has 5 aromatic rings. The van der Waals surface area contributed by atoms with Crippen molar-refractivity contribution in [3.8, 4) is 22.9 Å². The normalized spacial score (nSPS) is 11.0. The number of amides is 1. The first kappa shape index (κ1) is 21.7. The van der Waals surface area contributed by atoms with E-state index in [1.807, 2.05) is 65.1 Å². The molecule has 34 heavy (non-hydrogen) atoms. The third kappa shape index (κ3) is 4.13. The Hall–Kier alpha value is -4.11. The Morgan fingerprint density at radius 1 is 0.941 bits per heavy atom. The van der Waals surface area contributed by atoms with E-state index in [-0.39, 0.29) is 11.7 Å². The Morgan fingerprint density at radius 3 is 2.50 bits per heavy atom. The van der Waals surface area contributed by atoms with Gasteiger partial charge in [-0.3, -0.25) is 9.20 Å². The number of fused-ring (bicyclic) bond motifs is 3. The predicted molar refractivity (Wildman–Crippen MR) is 133 cm³/mol. The smallest absolute Gasteiger partial charge is 0.234 e. The van der Waals surface area contributed by atoms with E-state index in [9.17, 15) is 4.79 Å². The Morgan fingerprint density at radius 2 is 1.71 bits per heavy atom. The maximum absolute atomic E-state index is 12.7. The van der Waals surface area contributed by atoms with Crippen LogP contribution in [-0.2, 0) is 4.79 Å². The van der Waals surface area contributed by atoms with E-state index >= 15 is 0 Å². The number of aromatic nitrogens is 4. The molecule has 0 spiro atoms. The Labute approximate surface area is 199 Å². The van der Waals surface area contributed by atoms with Crippen LogP contribution >= 0.6 is 11.8 Å². The molecule has 3 aromatic carbocycles. The lowest BCUT2D eigenvalue weighted by Crippen LogP contribution is -2.15. The van der Waals surface area contributed by atoms with Gasteiger partial charge in [0.05, 0.1) is 31.2 Å². The molecule has 0 saturated carbocycles. The lowest BCUT2D eigenvalue weighted by atomic mass is 10.1. The van der Waals surface area contributed by atoms with Crippen molar-refractivity contribution in [2.24, 2.45) is 0 Å². The van der Waals surface area contributed by atoms with Gasteiger partial charge in [0, 0.05) is 10.9 Å². The number of carbonyl (C=O) groups excluding carboxylic acids is 1. The van der Waals surface area contributed by atoms with Gasteiger partial charge in [-0.15, -0.1) is 10.2 Å². The Kier molecular flexibility index (Phi) is 6.01. The summed E-state index contributed by atoms with van der Waals surface area (Å²) in [6.45, 7) is 0. The molecule has 0 unspecified atom stereocenters. The fourth-order valence-corrected chi connectivity index (χ4v) is 4.38. The number of carbonyl (C=O) groups is 1. The summed E-state index contributed by atoms with van der Waals surface area (Å²) in [4.78, 5) is 17.6. The van der Waals surface area contributed by atoms with E-state index in [4.69, 9.17) is 14.5 Å². The molecule has 9 heteroatoms. The summed E-state index contributed by atoms with van der Waals surface area (Å²) < 4.78 is 12.5. The first-order valence-corrected chi connectivity index (χ1v) is 11.5. The van der Waals surface area contributed by atoms with Crippen molar-refractivity contribution in [3.63, 3.8) is 0 Å². The SMILES string of the molecule is COc1ccc(-c2nc3ccccc3c3nnc(SCC(=O)Nc4ccccc4OC)n23)cc1. The van der Waals surface area contributed by atoms with Crippen LogP contribution in [0, 0.1) is 0 Å². The van der Waals surface area contributed by atoms with Crippen molar-refractivity contribution in [2.45, 2.75) is 5.16 Å². The lowest BCUT2D eigenvalue weighted by molar-refractivity contribution is -0.113. The number of anilines is 1. The minimum absolute atomic E-state index is 0.147. The lowest BCUT2D eigenvalue weighted by Gasteiger charge is -2.11. The zero-order valence-electron chi connectivity index (χ0n) is 18.6. The van der Waals surface area contributed by atoms with Crippen molar-refractivity contribution in [1.82, 2.24) is 19.6 Å². The van der Waals surface area contributed by atoms with Crippen LogP contribution in [0.25, 0.3) is 27.9 Å². The molecule has 0 bridgehead atoms. The molecule has 0 aliphatic heterocycles. The van der Waals surface area contributed by atoms with Gasteiger partial charge >= 0.3 is 0 Å². The highest BCUT2D eigenvalue weighted by molar-refractivity contribution is 7.99. The van der Waals surface area contributed by atoms with Gasteiger partial charge in [-0.1, -0.05) is 36.0 Å². The van der Waals surface area contributed by atoms with Gasteiger partial charge in [0.2, 0.25) is 5.91 Å². The van der Waals surface area contributed by atoms with E-state index < -0.39 is 0 Å². The maximum atomic E-state index is 12.7. The zero-order chi connectivity index (χ0) is 23.5. The van der Waals surface area contributed by atoms with Gasteiger partial charge in [0.1, 0.15) is 17.3 Å². The number of methoxy groups -OCH3 is 2. The second-order valence-corrected chi connectivity index (χ2v) is 8.30. The summed E-state index contributed by atoms with van der Waals surface area (Å²) in [6, 6.07) is 22.7. The van der Waals surface area contributed by atoms with E-state index in [0.717, 1.165) is 22.2 Å². The van der Waals surface area contributed by atoms with Crippen LogP contribution in [0.2, 0.25) is 0 Å². The van der Waals surface area contributed by atoms with Gasteiger partial charge in [-0.2, -0.15) is 0 Å². The number of hydrogen-bond acceptors (Lipinski definition) is 7. The molecule has 0 fully saturated rings. The monoisotopic (exact) mass is 471 g/mol. The number of thioether (sulfide) groups is 1. The number of rotatable bonds is 7. The molecule has 8 nitrogen and oxygen atoms in total. The molecule has 2 heterocycles. The quantitative estimate of drug-likeness (QED) is 0.344. The fraction of sp³-hybridized carbons (Fsp3) is 0.120.